The van der Waals surface area contributed by atoms with Gasteiger partial charge in [-0.05, 0) is 0 Å². The fourth-order valence-electron chi connectivity index (χ4n) is 2.65. The van der Waals surface area contributed by atoms with Crippen LogP contribution in [0.4, 0.5) is 0 Å². The Labute approximate surface area is 136 Å². The molecule has 0 aliphatic rings. The van der Waals surface area contributed by atoms with Crippen molar-refractivity contribution in [2.45, 2.75) is 0 Å². The van der Waals surface area contributed by atoms with E-state index in [9.17, 15) is 9.59 Å². The molecule has 0 aliphatic heterocycles. The SMILES string of the molecule is O=c1ccc(=O)n2c(-c3ccccc3)c(-c3ccccc3)oc2n1. The first-order valence-electron chi connectivity index (χ1n) is 7.42. The van der Waals surface area contributed by atoms with Crippen molar-refractivity contribution in [3.63, 3.8) is 0 Å². The molecule has 116 valence electrons. The van der Waals surface area contributed by atoms with Gasteiger partial charge in [-0.3, -0.25) is 9.59 Å². The summed E-state index contributed by atoms with van der Waals surface area (Å²) in [6.07, 6.45) is 0. The number of aromatic nitrogens is 2. The molecule has 24 heavy (non-hydrogen) atoms. The van der Waals surface area contributed by atoms with Gasteiger partial charge in [0.2, 0.25) is 0 Å². The Morgan fingerprint density at radius 1 is 0.750 bits per heavy atom. The van der Waals surface area contributed by atoms with Crippen LogP contribution >= 0.6 is 0 Å². The molecule has 0 amide bonds. The van der Waals surface area contributed by atoms with Crippen molar-refractivity contribution in [3.05, 3.63) is 93.5 Å². The van der Waals surface area contributed by atoms with Gasteiger partial charge in [0, 0.05) is 23.3 Å². The predicted molar refractivity (Wildman–Crippen MR) is 90.9 cm³/mol. The highest BCUT2D eigenvalue weighted by atomic mass is 16.4. The fraction of sp³-hybridized carbons (Fsp3) is 0. The number of benzene rings is 2. The molecule has 4 aromatic rings. The first-order valence-corrected chi connectivity index (χ1v) is 7.42. The van der Waals surface area contributed by atoms with Crippen molar-refractivity contribution in [2.75, 3.05) is 0 Å². The van der Waals surface area contributed by atoms with E-state index in [0.29, 0.717) is 11.5 Å². The molecule has 5 nitrogen and oxygen atoms in total. The Kier molecular flexibility index (Phi) is 3.31. The second kappa shape index (κ2) is 5.62. The molecule has 0 saturated carbocycles. The van der Waals surface area contributed by atoms with Crippen LogP contribution in [0.3, 0.4) is 0 Å². The zero-order chi connectivity index (χ0) is 16.5. The van der Waals surface area contributed by atoms with Crippen molar-refractivity contribution in [1.29, 1.82) is 0 Å². The standard InChI is InChI=1S/C19H12N2O3/c22-15-11-12-16(23)21-17(13-7-3-1-4-8-13)18(24-19(21)20-15)14-9-5-2-6-10-14/h1-12H. The molecule has 2 aromatic carbocycles. The van der Waals surface area contributed by atoms with Crippen molar-refractivity contribution < 1.29 is 4.42 Å². The number of oxazole rings is 1. The van der Waals surface area contributed by atoms with Crippen LogP contribution < -0.4 is 11.1 Å². The summed E-state index contributed by atoms with van der Waals surface area (Å²) in [6.45, 7) is 0. The quantitative estimate of drug-likeness (QED) is 0.570. The van der Waals surface area contributed by atoms with Gasteiger partial charge in [-0.25, -0.2) is 4.40 Å². The van der Waals surface area contributed by atoms with Crippen molar-refractivity contribution >= 4 is 5.84 Å². The summed E-state index contributed by atoms with van der Waals surface area (Å²) in [7, 11) is 0. The summed E-state index contributed by atoms with van der Waals surface area (Å²) in [5.41, 5.74) is 1.28. The number of hydrogen-bond donors (Lipinski definition) is 0. The number of fused-ring (bicyclic) bond motifs is 1. The van der Waals surface area contributed by atoms with Gasteiger partial charge in [0.25, 0.3) is 11.1 Å². The van der Waals surface area contributed by atoms with E-state index in [-0.39, 0.29) is 11.4 Å². The Bertz CT molecular complexity index is 1130. The van der Waals surface area contributed by atoms with Gasteiger partial charge in [-0.15, -0.1) is 0 Å². The first-order chi connectivity index (χ1) is 11.7. The summed E-state index contributed by atoms with van der Waals surface area (Å²) in [4.78, 5) is 28.1. The van der Waals surface area contributed by atoms with Crippen LogP contribution in [-0.4, -0.2) is 9.38 Å². The summed E-state index contributed by atoms with van der Waals surface area (Å²) in [5, 5.41) is 0. The van der Waals surface area contributed by atoms with E-state index in [1.807, 2.05) is 60.7 Å². The molecule has 2 heterocycles. The van der Waals surface area contributed by atoms with Gasteiger partial charge in [0.15, 0.2) is 5.76 Å². The largest absolute Gasteiger partial charge is 0.422 e. The van der Waals surface area contributed by atoms with Gasteiger partial charge in [0.05, 0.1) is 0 Å². The summed E-state index contributed by atoms with van der Waals surface area (Å²) in [5.74, 6) is 0.477. The molecular weight excluding hydrogens is 304 g/mol. The first kappa shape index (κ1) is 14.1. The van der Waals surface area contributed by atoms with Crippen LogP contribution in [-0.2, 0) is 0 Å². The van der Waals surface area contributed by atoms with Crippen LogP contribution in [0.25, 0.3) is 28.4 Å². The van der Waals surface area contributed by atoms with E-state index in [2.05, 4.69) is 4.98 Å². The van der Waals surface area contributed by atoms with Gasteiger partial charge < -0.3 is 4.42 Å². The monoisotopic (exact) mass is 316 g/mol. The van der Waals surface area contributed by atoms with Crippen molar-refractivity contribution in [1.82, 2.24) is 9.38 Å². The summed E-state index contributed by atoms with van der Waals surface area (Å²) < 4.78 is 7.15. The third-order valence-corrected chi connectivity index (χ3v) is 3.70. The lowest BCUT2D eigenvalue weighted by atomic mass is 10.1. The normalized spacial score (nSPS) is 10.8. The minimum Gasteiger partial charge on any atom is -0.422 e. The summed E-state index contributed by atoms with van der Waals surface area (Å²) in [6, 6.07) is 21.2. The molecule has 0 saturated heterocycles. The third kappa shape index (κ3) is 2.32. The van der Waals surface area contributed by atoms with Crippen molar-refractivity contribution in [3.8, 4) is 22.6 Å². The number of hydrogen-bond acceptors (Lipinski definition) is 4. The number of nitrogens with zero attached hydrogens (tertiary/aromatic N) is 2. The lowest BCUT2D eigenvalue weighted by Crippen LogP contribution is -2.09. The molecule has 0 bridgehead atoms. The molecular formula is C19H12N2O3. The molecule has 0 spiro atoms. The molecule has 0 fully saturated rings. The lowest BCUT2D eigenvalue weighted by molar-refractivity contribution is 0.605. The maximum atomic E-state index is 12.5. The Balaban J connectivity index is 2.20. The van der Waals surface area contributed by atoms with Crippen molar-refractivity contribution in [2.24, 2.45) is 0 Å². The van der Waals surface area contributed by atoms with Crippen LogP contribution in [0.5, 0.6) is 0 Å². The molecule has 0 atom stereocenters. The third-order valence-electron chi connectivity index (χ3n) is 3.70. The minimum absolute atomic E-state index is 0.0206. The Morgan fingerprint density at radius 2 is 1.38 bits per heavy atom. The zero-order valence-electron chi connectivity index (χ0n) is 12.5. The molecule has 5 heteroatoms. The second-order valence-corrected chi connectivity index (χ2v) is 5.25. The molecule has 4 rings (SSSR count). The van der Waals surface area contributed by atoms with Crippen LogP contribution in [0.15, 0.2) is 86.8 Å². The molecule has 0 unspecified atom stereocenters. The van der Waals surface area contributed by atoms with Gasteiger partial charge in [-0.2, -0.15) is 4.98 Å². The lowest BCUT2D eigenvalue weighted by Gasteiger charge is -2.03. The predicted octanol–water partition coefficient (Wildman–Crippen LogP) is 2.98. The topological polar surface area (TPSA) is 64.6 Å². The zero-order valence-corrected chi connectivity index (χ0v) is 12.5. The van der Waals surface area contributed by atoms with Gasteiger partial charge >= 0.3 is 5.84 Å². The minimum atomic E-state index is -0.525. The van der Waals surface area contributed by atoms with Crippen LogP contribution in [0.2, 0.25) is 0 Å². The highest BCUT2D eigenvalue weighted by molar-refractivity contribution is 5.79. The van der Waals surface area contributed by atoms with E-state index in [1.54, 1.807) is 0 Å². The molecule has 2 aromatic heterocycles. The van der Waals surface area contributed by atoms with E-state index in [1.165, 1.54) is 10.5 Å². The second-order valence-electron chi connectivity index (χ2n) is 5.25. The highest BCUT2D eigenvalue weighted by Crippen LogP contribution is 2.33. The smallest absolute Gasteiger partial charge is 0.313 e. The van der Waals surface area contributed by atoms with E-state index < -0.39 is 5.56 Å². The van der Waals surface area contributed by atoms with E-state index in [4.69, 9.17) is 4.42 Å². The van der Waals surface area contributed by atoms with E-state index >= 15 is 0 Å². The fourth-order valence-corrected chi connectivity index (χ4v) is 2.65. The van der Waals surface area contributed by atoms with E-state index in [0.717, 1.165) is 17.2 Å². The maximum absolute atomic E-state index is 12.5. The van der Waals surface area contributed by atoms with Crippen LogP contribution in [0, 0.1) is 0 Å². The van der Waals surface area contributed by atoms with Crippen LogP contribution in [0.1, 0.15) is 0 Å². The number of rotatable bonds is 2. The summed E-state index contributed by atoms with van der Waals surface area (Å²) >= 11 is 0. The maximum Gasteiger partial charge on any atom is 0.313 e. The van der Waals surface area contributed by atoms with Gasteiger partial charge in [-0.1, -0.05) is 60.7 Å². The molecule has 0 aliphatic carbocycles. The highest BCUT2D eigenvalue weighted by Gasteiger charge is 2.19. The average molecular weight is 316 g/mol. The van der Waals surface area contributed by atoms with Gasteiger partial charge in [0.1, 0.15) is 5.69 Å². The Morgan fingerprint density at radius 3 is 2.04 bits per heavy atom. The Hall–Kier alpha value is -3.47. The average Bonchev–Trinajstić information content (AvgIpc) is 2.94. The molecule has 0 N–H and O–H groups in total. The molecule has 0 radical (unpaired) electrons.